The summed E-state index contributed by atoms with van der Waals surface area (Å²) in [5.74, 6) is 0.531. The maximum atomic E-state index is 13.1. The highest BCUT2D eigenvalue weighted by Gasteiger charge is 2.34. The Morgan fingerprint density at radius 3 is 2.86 bits per heavy atom. The van der Waals surface area contributed by atoms with Crippen LogP contribution < -0.4 is 0 Å². The van der Waals surface area contributed by atoms with Crippen molar-refractivity contribution in [2.45, 2.75) is 32.0 Å². The summed E-state index contributed by atoms with van der Waals surface area (Å²) in [5, 5.41) is 4.17. The fourth-order valence-electron chi connectivity index (χ4n) is 3.60. The van der Waals surface area contributed by atoms with Gasteiger partial charge in [-0.25, -0.2) is 9.67 Å². The molecule has 1 aromatic carbocycles. The average molecular weight is 389 g/mol. The maximum Gasteiger partial charge on any atom is 0.416 e. The van der Waals surface area contributed by atoms with Crippen LogP contribution in [0.25, 0.3) is 5.69 Å². The molecule has 2 aromatic heterocycles. The number of carbonyl (C=O) groups excluding carboxylic acids is 1. The van der Waals surface area contributed by atoms with Crippen LogP contribution in [0.5, 0.6) is 0 Å². The number of halogens is 3. The molecule has 1 aliphatic heterocycles. The van der Waals surface area contributed by atoms with E-state index >= 15 is 0 Å². The Morgan fingerprint density at radius 1 is 1.32 bits per heavy atom. The summed E-state index contributed by atoms with van der Waals surface area (Å²) in [5.41, 5.74) is 0.367. The molecule has 0 unspecified atom stereocenters. The third-order valence-corrected chi connectivity index (χ3v) is 5.01. The van der Waals surface area contributed by atoms with Crippen molar-refractivity contribution in [1.82, 2.24) is 24.6 Å². The van der Waals surface area contributed by atoms with Gasteiger partial charge in [0.2, 0.25) is 0 Å². The third kappa shape index (κ3) is 3.17. The first-order valence-corrected chi connectivity index (χ1v) is 8.89. The molecule has 3 aromatic rings. The van der Waals surface area contributed by atoms with Crippen molar-refractivity contribution in [2.24, 2.45) is 0 Å². The third-order valence-electron chi connectivity index (χ3n) is 5.01. The van der Waals surface area contributed by atoms with Crippen LogP contribution in [0.1, 0.15) is 46.3 Å². The fraction of sp³-hybridized carbons (Fsp3) is 0.316. The molecule has 1 fully saturated rings. The summed E-state index contributed by atoms with van der Waals surface area (Å²) >= 11 is 0. The smallest absolute Gasteiger partial charge is 0.347 e. The molecule has 1 saturated heterocycles. The number of hydrogen-bond acceptors (Lipinski definition) is 3. The van der Waals surface area contributed by atoms with Gasteiger partial charge in [-0.1, -0.05) is 6.07 Å². The number of aromatic nitrogens is 4. The number of nitrogens with zero attached hydrogens (tertiary/aromatic N) is 4. The quantitative estimate of drug-likeness (QED) is 0.739. The summed E-state index contributed by atoms with van der Waals surface area (Å²) in [7, 11) is 0. The van der Waals surface area contributed by atoms with Gasteiger partial charge in [0.05, 0.1) is 34.7 Å². The largest absolute Gasteiger partial charge is 0.416 e. The lowest BCUT2D eigenvalue weighted by Gasteiger charge is -2.23. The predicted molar refractivity (Wildman–Crippen MR) is 94.9 cm³/mol. The van der Waals surface area contributed by atoms with Gasteiger partial charge in [0.25, 0.3) is 5.91 Å². The van der Waals surface area contributed by atoms with Gasteiger partial charge in [-0.3, -0.25) is 4.79 Å². The molecule has 3 heterocycles. The fourth-order valence-corrected chi connectivity index (χ4v) is 3.60. The second-order valence-corrected chi connectivity index (χ2v) is 6.73. The first-order valence-electron chi connectivity index (χ1n) is 8.89. The summed E-state index contributed by atoms with van der Waals surface area (Å²) in [6.45, 7) is 2.27. The van der Waals surface area contributed by atoms with E-state index in [9.17, 15) is 18.0 Å². The van der Waals surface area contributed by atoms with E-state index in [1.54, 1.807) is 24.2 Å². The van der Waals surface area contributed by atoms with Crippen LogP contribution in [-0.2, 0) is 6.18 Å². The molecule has 1 aliphatic rings. The Labute approximate surface area is 159 Å². The number of imidazole rings is 1. The Bertz CT molecular complexity index is 993. The zero-order valence-electron chi connectivity index (χ0n) is 15.1. The molecular weight excluding hydrogens is 371 g/mol. The van der Waals surface area contributed by atoms with Gasteiger partial charge in [-0.05, 0) is 38.0 Å². The first-order chi connectivity index (χ1) is 13.4. The van der Waals surface area contributed by atoms with Crippen LogP contribution in [0, 0.1) is 6.92 Å². The van der Waals surface area contributed by atoms with Crippen LogP contribution in [-0.4, -0.2) is 37.1 Å². The number of rotatable bonds is 3. The molecule has 1 amide bonds. The summed E-state index contributed by atoms with van der Waals surface area (Å²) in [4.78, 5) is 22.1. The highest BCUT2D eigenvalue weighted by Crippen LogP contribution is 2.33. The van der Waals surface area contributed by atoms with E-state index in [1.807, 2.05) is 0 Å². The Kier molecular flexibility index (Phi) is 4.44. The van der Waals surface area contributed by atoms with E-state index < -0.39 is 11.7 Å². The van der Waals surface area contributed by atoms with E-state index in [1.165, 1.54) is 23.0 Å². The van der Waals surface area contributed by atoms with E-state index in [-0.39, 0.29) is 17.6 Å². The average Bonchev–Trinajstić information content (AvgIpc) is 3.40. The Hall–Kier alpha value is -3.10. The van der Waals surface area contributed by atoms with Crippen LogP contribution in [0.4, 0.5) is 13.2 Å². The SMILES string of the molecule is Cc1c(C(=O)N2CCC[C@@H]2c2ncc[nH]2)cnn1-c1cccc(C(F)(F)F)c1. The minimum Gasteiger partial charge on any atom is -0.347 e. The van der Waals surface area contributed by atoms with Crippen LogP contribution in [0.3, 0.4) is 0 Å². The Balaban J connectivity index is 1.65. The summed E-state index contributed by atoms with van der Waals surface area (Å²) < 4.78 is 40.4. The van der Waals surface area contributed by atoms with Crippen molar-refractivity contribution >= 4 is 5.91 Å². The zero-order chi connectivity index (χ0) is 19.9. The lowest BCUT2D eigenvalue weighted by Crippen LogP contribution is -2.31. The number of amides is 1. The van der Waals surface area contributed by atoms with Gasteiger partial charge in [0.1, 0.15) is 5.82 Å². The molecule has 28 heavy (non-hydrogen) atoms. The van der Waals surface area contributed by atoms with E-state index in [2.05, 4.69) is 15.1 Å². The number of aromatic amines is 1. The van der Waals surface area contributed by atoms with Crippen LogP contribution >= 0.6 is 0 Å². The van der Waals surface area contributed by atoms with Crippen LogP contribution in [0.15, 0.2) is 42.9 Å². The molecule has 9 heteroatoms. The van der Waals surface area contributed by atoms with Gasteiger partial charge in [-0.2, -0.15) is 18.3 Å². The molecule has 4 rings (SSSR count). The number of H-pyrrole nitrogens is 1. The van der Waals surface area contributed by atoms with Crippen LogP contribution in [0.2, 0.25) is 0 Å². The van der Waals surface area contributed by atoms with E-state index in [4.69, 9.17) is 0 Å². The normalized spacial score (nSPS) is 17.3. The van der Waals surface area contributed by atoms with E-state index in [0.717, 1.165) is 30.8 Å². The van der Waals surface area contributed by atoms with Crippen molar-refractivity contribution in [1.29, 1.82) is 0 Å². The lowest BCUT2D eigenvalue weighted by atomic mass is 10.1. The molecule has 1 N–H and O–H groups in total. The van der Waals surface area contributed by atoms with Gasteiger partial charge in [-0.15, -0.1) is 0 Å². The summed E-state index contributed by atoms with van der Waals surface area (Å²) in [6, 6.07) is 4.75. The maximum absolute atomic E-state index is 13.1. The number of hydrogen-bond donors (Lipinski definition) is 1. The number of likely N-dealkylation sites (tertiary alicyclic amines) is 1. The van der Waals surface area contributed by atoms with Crippen molar-refractivity contribution in [3.8, 4) is 5.69 Å². The van der Waals surface area contributed by atoms with Gasteiger partial charge in [0, 0.05) is 18.9 Å². The molecule has 0 aliphatic carbocycles. The number of benzene rings is 1. The van der Waals surface area contributed by atoms with Crippen molar-refractivity contribution in [3.63, 3.8) is 0 Å². The Morgan fingerprint density at radius 2 is 2.14 bits per heavy atom. The predicted octanol–water partition coefficient (Wildman–Crippen LogP) is 3.90. The summed E-state index contributed by atoms with van der Waals surface area (Å²) in [6.07, 6.45) is 2.00. The number of alkyl halides is 3. The van der Waals surface area contributed by atoms with Gasteiger partial charge >= 0.3 is 6.18 Å². The topological polar surface area (TPSA) is 66.8 Å². The molecule has 6 nitrogen and oxygen atoms in total. The monoisotopic (exact) mass is 389 g/mol. The lowest BCUT2D eigenvalue weighted by molar-refractivity contribution is -0.137. The van der Waals surface area contributed by atoms with Gasteiger partial charge in [0.15, 0.2) is 0 Å². The molecular formula is C19H18F3N5O. The second kappa shape index (κ2) is 6.81. The minimum atomic E-state index is -4.44. The van der Waals surface area contributed by atoms with E-state index in [0.29, 0.717) is 17.8 Å². The molecule has 1 atom stereocenters. The number of nitrogens with one attached hydrogen (secondary N) is 1. The molecule has 0 radical (unpaired) electrons. The van der Waals surface area contributed by atoms with Crippen molar-refractivity contribution in [2.75, 3.05) is 6.54 Å². The standard InChI is InChI=1S/C19H18F3N5O/c1-12-15(18(28)26-9-3-6-16(26)17-23-7-8-24-17)11-25-27(12)14-5-2-4-13(10-14)19(20,21)22/h2,4-5,7-8,10-11,16H,3,6,9H2,1H3,(H,23,24)/t16-/m1/s1. The van der Waals surface area contributed by atoms with Gasteiger partial charge < -0.3 is 9.88 Å². The highest BCUT2D eigenvalue weighted by molar-refractivity contribution is 5.95. The molecule has 146 valence electrons. The molecule has 0 bridgehead atoms. The zero-order valence-corrected chi connectivity index (χ0v) is 15.1. The first kappa shape index (κ1) is 18.3. The highest BCUT2D eigenvalue weighted by atomic mass is 19.4. The second-order valence-electron chi connectivity index (χ2n) is 6.73. The van der Waals surface area contributed by atoms with Crippen molar-refractivity contribution in [3.05, 3.63) is 65.5 Å². The minimum absolute atomic E-state index is 0.140. The molecule has 0 saturated carbocycles. The number of carbonyl (C=O) groups is 1. The molecule has 0 spiro atoms. The van der Waals surface area contributed by atoms with Crippen molar-refractivity contribution < 1.29 is 18.0 Å².